The van der Waals surface area contributed by atoms with E-state index in [0.717, 1.165) is 141 Å². The molecule has 18 heteroatoms. The highest BCUT2D eigenvalue weighted by molar-refractivity contribution is 7.47. The summed E-state index contributed by atoms with van der Waals surface area (Å²) in [6.45, 7) is 2.31. The molecule has 0 aromatic carbocycles. The Bertz CT molecular complexity index is 2040. The fourth-order valence-electron chi connectivity index (χ4n) is 7.82. The van der Waals surface area contributed by atoms with Crippen LogP contribution < -0.4 is 0 Å². The van der Waals surface area contributed by atoms with E-state index in [-0.39, 0.29) is 19.3 Å². The molecule has 0 aliphatic heterocycles. The van der Waals surface area contributed by atoms with Gasteiger partial charge in [0.2, 0.25) is 0 Å². The lowest BCUT2D eigenvalue weighted by molar-refractivity contribution is -0.161. The summed E-state index contributed by atoms with van der Waals surface area (Å²) in [5.74, 6) is -1.65. The number of rotatable bonds is 59. The van der Waals surface area contributed by atoms with Crippen LogP contribution in [0.3, 0.4) is 0 Å². The first-order valence-electron chi connectivity index (χ1n) is 31.8. The van der Waals surface area contributed by atoms with Gasteiger partial charge in [0.1, 0.15) is 25.4 Å². The average Bonchev–Trinajstić information content (AvgIpc) is 3.51. The summed E-state index contributed by atoms with van der Waals surface area (Å²) in [4.78, 5) is 58.2. The van der Waals surface area contributed by atoms with E-state index in [9.17, 15) is 43.5 Å². The molecule has 0 saturated carbocycles. The molecule has 0 aliphatic carbocycles. The van der Waals surface area contributed by atoms with Crippen LogP contribution >= 0.6 is 15.6 Å². The Kier molecular flexibility index (Phi) is 57.4. The van der Waals surface area contributed by atoms with E-state index in [1.165, 1.54) is 25.7 Å². The third-order valence-electron chi connectivity index (χ3n) is 12.7. The van der Waals surface area contributed by atoms with E-state index in [4.69, 9.17) is 32.3 Å². The minimum Gasteiger partial charge on any atom is -0.463 e. The summed E-state index contributed by atoms with van der Waals surface area (Å²) >= 11 is 0. The number of phosphoric ester groups is 2. The molecular formula is C67H112O16P2. The second kappa shape index (κ2) is 60.2. The van der Waals surface area contributed by atoms with Gasteiger partial charge in [-0.1, -0.05) is 200 Å². The summed E-state index contributed by atoms with van der Waals surface area (Å²) in [5.41, 5.74) is 0. The number of phosphoric acid groups is 2. The van der Waals surface area contributed by atoms with Crippen molar-refractivity contribution in [2.45, 2.75) is 245 Å². The zero-order valence-electron chi connectivity index (χ0n) is 52.2. The maximum Gasteiger partial charge on any atom is 0.472 e. The molecule has 0 saturated heterocycles. The Hall–Kier alpha value is -4.05. The van der Waals surface area contributed by atoms with Crippen molar-refractivity contribution in [1.82, 2.24) is 0 Å². The molecule has 0 radical (unpaired) electrons. The van der Waals surface area contributed by atoms with Crippen molar-refractivity contribution in [2.24, 2.45) is 0 Å². The molecule has 0 fully saturated rings. The standard InChI is InChI=1S/C67H112O16P2/c1-4-7-10-13-16-19-22-25-27-28-29-30-31-32-34-37-38-41-44-47-50-53-65(70)77-56-62(68)57-79-84(73,74)80-58-63(69)59-81-85(75,76)82-61-64(83-67(72)55-52-49-46-43-40-35-24-21-18-15-12-9-6-3)60-78-66(71)54-51-48-45-42-39-36-33-26-23-20-17-14-11-8-5-2/h7-8,10-11,16-17,19-21,24-27,29-30,32-34,38,41,62-64,68-69H,4-6,9,12-15,18,22-23,28,31,35-37,39-40,42-61H2,1-3H3,(H,73,74)(H,75,76)/b10-7-,11-8-,19-16-,20-17-,24-21-,27-25-,30-29-,33-26-,34-32-,41-38-. The molecule has 0 spiro atoms. The fourth-order valence-corrected chi connectivity index (χ4v) is 9.40. The van der Waals surface area contributed by atoms with Crippen LogP contribution in [0.5, 0.6) is 0 Å². The normalized spacial score (nSPS) is 15.1. The Balaban J connectivity index is 4.69. The molecular weight excluding hydrogens is 1120 g/mol. The molecule has 0 rings (SSSR count). The molecule has 4 N–H and O–H groups in total. The summed E-state index contributed by atoms with van der Waals surface area (Å²) in [7, 11) is -9.79. The number of esters is 3. The first-order valence-corrected chi connectivity index (χ1v) is 34.8. The molecule has 0 amide bonds. The highest BCUT2D eigenvalue weighted by Gasteiger charge is 2.29. The number of carbonyl (C=O) groups is 3. The van der Waals surface area contributed by atoms with Gasteiger partial charge in [0.15, 0.2) is 6.10 Å². The topological polar surface area (TPSA) is 231 Å². The quantitative estimate of drug-likeness (QED) is 0.0146. The van der Waals surface area contributed by atoms with Gasteiger partial charge in [-0.3, -0.25) is 32.5 Å². The largest absolute Gasteiger partial charge is 0.472 e. The van der Waals surface area contributed by atoms with Gasteiger partial charge < -0.3 is 34.2 Å². The number of ether oxygens (including phenoxy) is 3. The van der Waals surface area contributed by atoms with Gasteiger partial charge in [-0.05, 0) is 128 Å². The van der Waals surface area contributed by atoms with Gasteiger partial charge in [0.25, 0.3) is 0 Å². The van der Waals surface area contributed by atoms with E-state index in [1.54, 1.807) is 0 Å². The molecule has 0 heterocycles. The minimum absolute atomic E-state index is 0.0868. The van der Waals surface area contributed by atoms with Crippen LogP contribution in [0.1, 0.15) is 226 Å². The summed E-state index contributed by atoms with van der Waals surface area (Å²) < 4.78 is 60.7. The van der Waals surface area contributed by atoms with Crippen LogP contribution in [0, 0.1) is 0 Å². The molecule has 5 atom stereocenters. The number of allylic oxidation sites excluding steroid dienone is 20. The SMILES string of the molecule is CC/C=C\C/C=C\C/C=C\C/C=C\C/C=C\C/C=C\CCCCC(=O)OCC(O)COP(=O)(O)OCC(O)COP(=O)(O)OCC(COC(=O)CCCCCCC/C=C\C/C=C\C/C=C\CC)OC(=O)CCCCCCC/C=C\CCCCCC. The molecule has 0 aliphatic rings. The highest BCUT2D eigenvalue weighted by atomic mass is 31.2. The molecule has 486 valence electrons. The minimum atomic E-state index is -4.93. The molecule has 16 nitrogen and oxygen atoms in total. The molecule has 0 aromatic heterocycles. The van der Waals surface area contributed by atoms with E-state index < -0.39 is 91.5 Å². The van der Waals surface area contributed by atoms with Crippen LogP contribution in [0.4, 0.5) is 0 Å². The second-order valence-corrected chi connectivity index (χ2v) is 23.7. The van der Waals surface area contributed by atoms with Gasteiger partial charge in [0, 0.05) is 19.3 Å². The number of carbonyl (C=O) groups excluding carboxylic acids is 3. The lowest BCUT2D eigenvalue weighted by Crippen LogP contribution is -2.30. The highest BCUT2D eigenvalue weighted by Crippen LogP contribution is 2.45. The van der Waals surface area contributed by atoms with Crippen molar-refractivity contribution in [3.63, 3.8) is 0 Å². The summed E-state index contributed by atoms with van der Waals surface area (Å²) in [6, 6.07) is 0. The Labute approximate surface area is 512 Å². The molecule has 0 aromatic rings. The van der Waals surface area contributed by atoms with Crippen molar-refractivity contribution in [1.29, 1.82) is 0 Å². The third kappa shape index (κ3) is 61.4. The molecule has 5 unspecified atom stereocenters. The van der Waals surface area contributed by atoms with Gasteiger partial charge in [-0.2, -0.15) is 0 Å². The number of hydrogen-bond acceptors (Lipinski definition) is 14. The van der Waals surface area contributed by atoms with Crippen molar-refractivity contribution < 1.29 is 75.8 Å². The number of aliphatic hydroxyl groups excluding tert-OH is 2. The monoisotopic (exact) mass is 1230 g/mol. The van der Waals surface area contributed by atoms with Crippen molar-refractivity contribution in [2.75, 3.05) is 39.6 Å². The van der Waals surface area contributed by atoms with E-state index >= 15 is 0 Å². The molecule has 0 bridgehead atoms. The predicted molar refractivity (Wildman–Crippen MR) is 343 cm³/mol. The van der Waals surface area contributed by atoms with Gasteiger partial charge in [-0.15, -0.1) is 0 Å². The third-order valence-corrected chi connectivity index (χ3v) is 14.6. The maximum absolute atomic E-state index is 12.9. The number of aliphatic hydroxyl groups is 2. The number of hydrogen-bond donors (Lipinski definition) is 4. The Morgan fingerprint density at radius 2 is 0.624 bits per heavy atom. The average molecular weight is 1240 g/mol. The summed E-state index contributed by atoms with van der Waals surface area (Å²) in [6.07, 6.45) is 66.9. The van der Waals surface area contributed by atoms with Crippen LogP contribution in [0.15, 0.2) is 122 Å². The van der Waals surface area contributed by atoms with E-state index in [0.29, 0.717) is 19.3 Å². The summed E-state index contributed by atoms with van der Waals surface area (Å²) in [5, 5.41) is 20.5. The smallest absolute Gasteiger partial charge is 0.463 e. The van der Waals surface area contributed by atoms with Gasteiger partial charge in [0.05, 0.1) is 26.4 Å². The fraction of sp³-hybridized carbons (Fsp3) is 0.657. The number of unbranched alkanes of at least 4 members (excludes halogenated alkanes) is 16. The van der Waals surface area contributed by atoms with Crippen molar-refractivity contribution in [3.05, 3.63) is 122 Å². The lowest BCUT2D eigenvalue weighted by Gasteiger charge is -2.21. The second-order valence-electron chi connectivity index (χ2n) is 20.8. The van der Waals surface area contributed by atoms with Crippen LogP contribution in [0.25, 0.3) is 0 Å². The lowest BCUT2D eigenvalue weighted by atomic mass is 10.1. The zero-order valence-corrected chi connectivity index (χ0v) is 54.0. The Morgan fingerprint density at radius 3 is 1.02 bits per heavy atom. The van der Waals surface area contributed by atoms with Gasteiger partial charge >= 0.3 is 33.6 Å². The van der Waals surface area contributed by atoms with Gasteiger partial charge in [-0.25, -0.2) is 9.13 Å². The maximum atomic E-state index is 12.9. The van der Waals surface area contributed by atoms with E-state index in [1.807, 2.05) is 0 Å². The Morgan fingerprint density at radius 1 is 0.341 bits per heavy atom. The van der Waals surface area contributed by atoms with Crippen LogP contribution in [-0.4, -0.2) is 95.9 Å². The molecule has 85 heavy (non-hydrogen) atoms. The van der Waals surface area contributed by atoms with Crippen LogP contribution in [0.2, 0.25) is 0 Å². The van der Waals surface area contributed by atoms with E-state index in [2.05, 4.69) is 142 Å². The zero-order chi connectivity index (χ0) is 62.4. The van der Waals surface area contributed by atoms with Crippen LogP contribution in [-0.2, 0) is 55.8 Å². The first-order chi connectivity index (χ1) is 41.2. The first kappa shape index (κ1) is 81.0. The van der Waals surface area contributed by atoms with Crippen molar-refractivity contribution in [3.8, 4) is 0 Å². The predicted octanol–water partition coefficient (Wildman–Crippen LogP) is 17.1. The van der Waals surface area contributed by atoms with Crippen molar-refractivity contribution >= 4 is 33.6 Å².